The zero-order valence-electron chi connectivity index (χ0n) is 15.8. The van der Waals surface area contributed by atoms with E-state index in [0.29, 0.717) is 36.1 Å². The number of halogens is 1. The van der Waals surface area contributed by atoms with Crippen LogP contribution in [0.4, 0.5) is 9.18 Å². The summed E-state index contributed by atoms with van der Waals surface area (Å²) in [6, 6.07) is 6.46. The second kappa shape index (κ2) is 7.13. The van der Waals surface area contributed by atoms with Gasteiger partial charge in [-0.15, -0.1) is 0 Å². The second-order valence-corrected chi connectivity index (χ2v) is 7.76. The highest BCUT2D eigenvalue weighted by Gasteiger charge is 2.36. The van der Waals surface area contributed by atoms with Crippen LogP contribution in [0.2, 0.25) is 0 Å². The molecule has 144 valence electrons. The maximum Gasteiger partial charge on any atom is 0.410 e. The van der Waals surface area contributed by atoms with Crippen molar-refractivity contribution in [1.29, 1.82) is 0 Å². The molecule has 27 heavy (non-hydrogen) atoms. The topological polar surface area (TPSA) is 66.9 Å². The number of hydrogen-bond donors (Lipinski definition) is 0. The second-order valence-electron chi connectivity index (χ2n) is 7.76. The molecule has 2 aliphatic heterocycles. The van der Waals surface area contributed by atoms with E-state index in [1.54, 1.807) is 45.0 Å². The third-order valence-corrected chi connectivity index (χ3v) is 4.50. The van der Waals surface area contributed by atoms with Crippen LogP contribution in [0, 0.1) is 0 Å². The Balaban J connectivity index is 1.72. The molecule has 0 N–H and O–H groups in total. The molecule has 0 atom stereocenters. The molecule has 1 saturated heterocycles. The fourth-order valence-electron chi connectivity index (χ4n) is 3.21. The molecule has 2 aliphatic rings. The van der Waals surface area contributed by atoms with Gasteiger partial charge >= 0.3 is 6.09 Å². The Labute approximate surface area is 157 Å². The number of benzene rings is 1. The number of carbonyl (C=O) groups is 3. The van der Waals surface area contributed by atoms with Crippen molar-refractivity contribution in [3.05, 3.63) is 46.8 Å². The van der Waals surface area contributed by atoms with Crippen LogP contribution >= 0.6 is 0 Å². The monoisotopic (exact) mass is 374 g/mol. The molecule has 3 amide bonds. The van der Waals surface area contributed by atoms with E-state index in [0.717, 1.165) is 4.90 Å². The third-order valence-electron chi connectivity index (χ3n) is 4.50. The minimum atomic E-state index is -0.628. The maximum atomic E-state index is 14.8. The molecule has 1 aromatic carbocycles. The smallest absolute Gasteiger partial charge is 0.410 e. The molecule has 0 saturated carbocycles. The van der Waals surface area contributed by atoms with Crippen LogP contribution in [0.25, 0.3) is 0 Å². The number of likely N-dealkylation sites (tertiary alicyclic amines) is 1. The van der Waals surface area contributed by atoms with Gasteiger partial charge in [-0.1, -0.05) is 12.1 Å². The Morgan fingerprint density at radius 2 is 1.74 bits per heavy atom. The fraction of sp³-hybridized carbons (Fsp3) is 0.450. The van der Waals surface area contributed by atoms with Gasteiger partial charge in [0, 0.05) is 13.1 Å². The van der Waals surface area contributed by atoms with Crippen molar-refractivity contribution < 1.29 is 23.5 Å². The van der Waals surface area contributed by atoms with Gasteiger partial charge in [0.15, 0.2) is 0 Å². The zero-order chi connectivity index (χ0) is 19.8. The highest BCUT2D eigenvalue weighted by molar-refractivity contribution is 6.21. The quantitative estimate of drug-likeness (QED) is 0.743. The van der Waals surface area contributed by atoms with Crippen molar-refractivity contribution in [2.75, 3.05) is 19.6 Å². The molecular formula is C20H23FN2O4. The van der Waals surface area contributed by atoms with Crippen LogP contribution in [0.3, 0.4) is 0 Å². The molecule has 0 aromatic heterocycles. The molecule has 0 bridgehead atoms. The van der Waals surface area contributed by atoms with Crippen molar-refractivity contribution in [2.45, 2.75) is 39.2 Å². The summed E-state index contributed by atoms with van der Waals surface area (Å²) in [6.45, 7) is 5.49. The Hall–Kier alpha value is -2.70. The third kappa shape index (κ3) is 4.02. The summed E-state index contributed by atoms with van der Waals surface area (Å²) < 4.78 is 20.2. The number of rotatable bonds is 2. The van der Waals surface area contributed by atoms with Gasteiger partial charge in [0.25, 0.3) is 11.8 Å². The lowest BCUT2D eigenvalue weighted by Crippen LogP contribution is -2.41. The Kier molecular flexibility index (Phi) is 5.04. The minimum Gasteiger partial charge on any atom is -0.444 e. The number of piperidine rings is 1. The molecule has 1 fully saturated rings. The Morgan fingerprint density at radius 3 is 2.30 bits per heavy atom. The number of nitrogens with zero attached hydrogens (tertiary/aromatic N) is 2. The van der Waals surface area contributed by atoms with Gasteiger partial charge in [0.1, 0.15) is 11.4 Å². The lowest BCUT2D eigenvalue weighted by Gasteiger charge is -2.31. The number of carbonyl (C=O) groups excluding carboxylic acids is 3. The normalized spacial score (nSPS) is 19.3. The predicted molar refractivity (Wildman–Crippen MR) is 97.0 cm³/mol. The molecule has 6 nitrogen and oxygen atoms in total. The van der Waals surface area contributed by atoms with Gasteiger partial charge < -0.3 is 9.64 Å². The average molecular weight is 374 g/mol. The highest BCUT2D eigenvalue weighted by Crippen LogP contribution is 2.27. The van der Waals surface area contributed by atoms with Gasteiger partial charge in [-0.05, 0) is 51.3 Å². The molecule has 0 unspecified atom stereocenters. The summed E-state index contributed by atoms with van der Waals surface area (Å²) in [5, 5.41) is 0. The van der Waals surface area contributed by atoms with Crippen molar-refractivity contribution in [2.24, 2.45) is 0 Å². The van der Waals surface area contributed by atoms with Crippen LogP contribution in [0.15, 0.2) is 35.7 Å². The summed E-state index contributed by atoms with van der Waals surface area (Å²) in [6.07, 6.45) is 0.589. The van der Waals surface area contributed by atoms with Crippen molar-refractivity contribution in [3.8, 4) is 0 Å². The van der Waals surface area contributed by atoms with E-state index in [-0.39, 0.29) is 6.54 Å². The number of imide groups is 1. The SMILES string of the molecule is CC(C)(C)OC(=O)N1CCC/C(=C(/F)CN2C(=O)c3ccccc3C2=O)C1. The largest absolute Gasteiger partial charge is 0.444 e. The number of hydrogen-bond acceptors (Lipinski definition) is 4. The number of fused-ring (bicyclic) bond motifs is 1. The molecule has 2 heterocycles. The van der Waals surface area contributed by atoms with Gasteiger partial charge in [-0.25, -0.2) is 9.18 Å². The molecule has 0 spiro atoms. The molecular weight excluding hydrogens is 351 g/mol. The molecule has 0 aliphatic carbocycles. The van der Waals surface area contributed by atoms with Crippen molar-refractivity contribution in [1.82, 2.24) is 9.80 Å². The Morgan fingerprint density at radius 1 is 1.15 bits per heavy atom. The van der Waals surface area contributed by atoms with Gasteiger partial charge in [0.05, 0.1) is 17.7 Å². The van der Waals surface area contributed by atoms with E-state index in [9.17, 15) is 18.8 Å². The molecule has 3 rings (SSSR count). The summed E-state index contributed by atoms with van der Waals surface area (Å²) in [4.78, 5) is 39.4. The summed E-state index contributed by atoms with van der Waals surface area (Å²) in [7, 11) is 0. The first kappa shape index (κ1) is 19.1. The van der Waals surface area contributed by atoms with Gasteiger partial charge in [-0.2, -0.15) is 0 Å². The van der Waals surface area contributed by atoms with E-state index in [4.69, 9.17) is 4.74 Å². The van der Waals surface area contributed by atoms with Crippen LogP contribution < -0.4 is 0 Å². The minimum absolute atomic E-state index is 0.101. The summed E-state index contributed by atoms with van der Waals surface area (Å²) in [5.74, 6) is -1.53. The molecule has 1 aromatic rings. The van der Waals surface area contributed by atoms with E-state index in [1.807, 2.05) is 0 Å². The summed E-state index contributed by atoms with van der Waals surface area (Å²) in [5.41, 5.74) is 0.374. The van der Waals surface area contributed by atoms with Crippen molar-refractivity contribution >= 4 is 17.9 Å². The summed E-state index contributed by atoms with van der Waals surface area (Å²) >= 11 is 0. The van der Waals surface area contributed by atoms with Crippen LogP contribution in [-0.4, -0.2) is 52.9 Å². The lowest BCUT2D eigenvalue weighted by atomic mass is 10.0. The average Bonchev–Trinajstić information content (AvgIpc) is 2.86. The maximum absolute atomic E-state index is 14.8. The fourth-order valence-corrected chi connectivity index (χ4v) is 3.21. The van der Waals surface area contributed by atoms with Gasteiger partial charge in [0.2, 0.25) is 0 Å². The predicted octanol–water partition coefficient (Wildman–Crippen LogP) is 3.54. The first-order valence-electron chi connectivity index (χ1n) is 8.97. The lowest BCUT2D eigenvalue weighted by molar-refractivity contribution is 0.0243. The zero-order valence-corrected chi connectivity index (χ0v) is 15.8. The van der Waals surface area contributed by atoms with E-state index in [2.05, 4.69) is 0 Å². The number of amides is 3. The highest BCUT2D eigenvalue weighted by atomic mass is 19.1. The van der Waals surface area contributed by atoms with E-state index in [1.165, 1.54) is 4.90 Å². The Bertz CT molecular complexity index is 791. The molecule has 0 radical (unpaired) electrons. The van der Waals surface area contributed by atoms with E-state index >= 15 is 0 Å². The van der Waals surface area contributed by atoms with Crippen LogP contribution in [0.1, 0.15) is 54.3 Å². The number of ether oxygens (including phenoxy) is 1. The first-order chi connectivity index (χ1) is 12.7. The van der Waals surface area contributed by atoms with Crippen LogP contribution in [-0.2, 0) is 4.74 Å². The van der Waals surface area contributed by atoms with Crippen molar-refractivity contribution in [3.63, 3.8) is 0 Å². The van der Waals surface area contributed by atoms with Gasteiger partial charge in [-0.3, -0.25) is 14.5 Å². The first-order valence-corrected chi connectivity index (χ1v) is 8.97. The molecule has 7 heteroatoms. The van der Waals surface area contributed by atoms with E-state index < -0.39 is 35.9 Å². The standard InChI is InChI=1S/C20H23FN2O4/c1-20(2,3)27-19(26)22-10-6-7-13(11-22)16(21)12-23-17(24)14-8-4-5-9-15(14)18(23)25/h4-5,8-9H,6-7,10-12H2,1-3H3/b16-13-. The van der Waals surface area contributed by atoms with Crippen LogP contribution in [0.5, 0.6) is 0 Å².